The Bertz CT molecular complexity index is 684. The molecule has 1 aliphatic carbocycles. The monoisotopic (exact) mass is 359 g/mol. The smallest absolute Gasteiger partial charge is 0.277 e. The van der Waals surface area contributed by atoms with Gasteiger partial charge in [-0.05, 0) is 33.1 Å². The van der Waals surface area contributed by atoms with E-state index in [2.05, 4.69) is 10.2 Å². The van der Waals surface area contributed by atoms with E-state index in [1.54, 1.807) is 11.8 Å². The summed E-state index contributed by atoms with van der Waals surface area (Å²) >= 11 is 1.24. The molecule has 2 aliphatic rings. The van der Waals surface area contributed by atoms with Crippen molar-refractivity contribution in [3.8, 4) is 0 Å². The van der Waals surface area contributed by atoms with E-state index in [9.17, 15) is 13.2 Å². The van der Waals surface area contributed by atoms with Crippen molar-refractivity contribution < 1.29 is 17.6 Å². The average molecular weight is 359 g/mol. The van der Waals surface area contributed by atoms with Gasteiger partial charge in [0, 0.05) is 18.5 Å². The van der Waals surface area contributed by atoms with Crippen molar-refractivity contribution in [2.24, 2.45) is 0 Å². The molecule has 1 saturated heterocycles. The van der Waals surface area contributed by atoms with Crippen molar-refractivity contribution in [3.05, 3.63) is 5.89 Å². The third kappa shape index (κ3) is 3.88. The van der Waals surface area contributed by atoms with Crippen molar-refractivity contribution in [1.82, 2.24) is 15.1 Å². The van der Waals surface area contributed by atoms with Crippen LogP contribution in [0.15, 0.2) is 9.64 Å². The average Bonchev–Trinajstić information content (AvgIpc) is 3.15. The minimum absolute atomic E-state index is 0.0658. The highest BCUT2D eigenvalue weighted by atomic mass is 32.2. The molecule has 2 atom stereocenters. The van der Waals surface area contributed by atoms with Gasteiger partial charge in [0.1, 0.15) is 0 Å². The summed E-state index contributed by atoms with van der Waals surface area (Å²) in [6, 6.07) is -0.217. The van der Waals surface area contributed by atoms with E-state index in [0.717, 1.165) is 12.8 Å². The Hall–Kier alpha value is -1.09. The molecule has 1 aliphatic heterocycles. The summed E-state index contributed by atoms with van der Waals surface area (Å²) in [5.41, 5.74) is 0. The summed E-state index contributed by atoms with van der Waals surface area (Å²) < 4.78 is 28.9. The molecular formula is C14H21N3O4S2. The first-order chi connectivity index (χ1) is 10.9. The zero-order chi connectivity index (χ0) is 16.6. The lowest BCUT2D eigenvalue weighted by Gasteiger charge is -2.28. The molecule has 0 spiro atoms. The molecule has 2 heterocycles. The third-order valence-corrected chi connectivity index (χ3v) is 6.92. The van der Waals surface area contributed by atoms with Crippen LogP contribution in [0.2, 0.25) is 0 Å². The molecule has 0 aromatic carbocycles. The van der Waals surface area contributed by atoms with Gasteiger partial charge in [-0.25, -0.2) is 8.42 Å². The summed E-state index contributed by atoms with van der Waals surface area (Å²) in [6.45, 7) is 4.17. The van der Waals surface area contributed by atoms with Crippen molar-refractivity contribution >= 4 is 27.5 Å². The van der Waals surface area contributed by atoms with Crippen LogP contribution in [0.3, 0.4) is 0 Å². The number of thioether (sulfide) groups is 1. The predicted octanol–water partition coefficient (Wildman–Crippen LogP) is 1.46. The highest BCUT2D eigenvalue weighted by Crippen LogP contribution is 2.40. The first kappa shape index (κ1) is 16.8. The normalized spacial score (nSPS) is 24.5. The van der Waals surface area contributed by atoms with E-state index in [4.69, 9.17) is 4.42 Å². The number of amides is 1. The van der Waals surface area contributed by atoms with Gasteiger partial charge in [-0.1, -0.05) is 11.8 Å². The number of rotatable bonds is 6. The Kier molecular flexibility index (Phi) is 4.68. The van der Waals surface area contributed by atoms with E-state index in [1.165, 1.54) is 11.8 Å². The van der Waals surface area contributed by atoms with Crippen molar-refractivity contribution in [3.63, 3.8) is 0 Å². The van der Waals surface area contributed by atoms with E-state index >= 15 is 0 Å². The number of aromatic nitrogens is 2. The Morgan fingerprint density at radius 2 is 2.13 bits per heavy atom. The van der Waals surface area contributed by atoms with Crippen LogP contribution >= 0.6 is 11.8 Å². The topological polar surface area (TPSA) is 93.4 Å². The Balaban J connectivity index is 1.62. The fourth-order valence-electron chi connectivity index (χ4n) is 2.81. The van der Waals surface area contributed by atoms with Gasteiger partial charge >= 0.3 is 0 Å². The van der Waals surface area contributed by atoms with E-state index in [-0.39, 0.29) is 28.7 Å². The maximum atomic E-state index is 12.7. The minimum atomic E-state index is -3.01. The summed E-state index contributed by atoms with van der Waals surface area (Å²) in [5, 5.41) is 8.02. The Morgan fingerprint density at radius 1 is 1.39 bits per heavy atom. The number of nitrogens with zero attached hydrogens (tertiary/aromatic N) is 3. The second-order valence-corrected chi connectivity index (χ2v) is 9.64. The second-order valence-electron chi connectivity index (χ2n) is 6.12. The van der Waals surface area contributed by atoms with Crippen molar-refractivity contribution in [2.45, 2.75) is 55.5 Å². The predicted molar refractivity (Wildman–Crippen MR) is 86.0 cm³/mol. The largest absolute Gasteiger partial charge is 0.416 e. The molecule has 0 unspecified atom stereocenters. The van der Waals surface area contributed by atoms with Crippen LogP contribution in [0, 0.1) is 0 Å². The molecule has 1 saturated carbocycles. The Morgan fingerprint density at radius 3 is 2.70 bits per heavy atom. The third-order valence-electron chi connectivity index (χ3n) is 4.25. The molecular weight excluding hydrogens is 338 g/mol. The Labute approximate surface area is 140 Å². The van der Waals surface area contributed by atoms with Gasteiger partial charge in [-0.3, -0.25) is 4.79 Å². The summed E-state index contributed by atoms with van der Waals surface area (Å²) in [7, 11) is -3.01. The molecule has 1 amide bonds. The number of carbonyl (C=O) groups excluding carboxylic acids is 1. The maximum Gasteiger partial charge on any atom is 0.277 e. The van der Waals surface area contributed by atoms with Gasteiger partial charge in [0.05, 0.1) is 16.8 Å². The van der Waals surface area contributed by atoms with Crippen molar-refractivity contribution in [1.29, 1.82) is 0 Å². The highest BCUT2D eigenvalue weighted by Gasteiger charge is 2.36. The van der Waals surface area contributed by atoms with Gasteiger partial charge in [0.15, 0.2) is 9.84 Å². The van der Waals surface area contributed by atoms with Crippen LogP contribution in [-0.2, 0) is 14.6 Å². The lowest BCUT2D eigenvalue weighted by molar-refractivity contribution is -0.131. The van der Waals surface area contributed by atoms with Gasteiger partial charge in [-0.15, -0.1) is 10.2 Å². The molecule has 7 nitrogen and oxygen atoms in total. The number of hydrogen-bond donors (Lipinski definition) is 0. The van der Waals surface area contributed by atoms with Crippen LogP contribution in [0.5, 0.6) is 0 Å². The van der Waals surface area contributed by atoms with Gasteiger partial charge in [0.25, 0.3) is 5.22 Å². The van der Waals surface area contributed by atoms with Crippen LogP contribution in [0.1, 0.15) is 44.9 Å². The van der Waals surface area contributed by atoms with E-state index in [0.29, 0.717) is 30.0 Å². The standard InChI is InChI=1S/C14H21N3O4S2/c1-3-17(11-6-7-23(19,20)8-11)13(18)9(2)22-14-16-15-12(21-14)10-4-5-10/h9-11H,3-8H2,1-2H3/t9-,11+/m0/s1. The fourth-order valence-corrected chi connectivity index (χ4v) is 5.30. The molecule has 2 fully saturated rings. The van der Waals surface area contributed by atoms with E-state index in [1.807, 2.05) is 6.92 Å². The molecule has 0 N–H and O–H groups in total. The summed E-state index contributed by atoms with van der Waals surface area (Å²) in [5.74, 6) is 1.19. The van der Waals surface area contributed by atoms with Crippen molar-refractivity contribution in [2.75, 3.05) is 18.1 Å². The van der Waals surface area contributed by atoms with Gasteiger partial charge < -0.3 is 9.32 Å². The molecule has 1 aromatic rings. The quantitative estimate of drug-likeness (QED) is 0.710. The van der Waals surface area contributed by atoms with Gasteiger partial charge in [-0.2, -0.15) is 0 Å². The lowest BCUT2D eigenvalue weighted by Crippen LogP contribution is -2.44. The number of carbonyl (C=O) groups is 1. The van der Waals surface area contributed by atoms with E-state index < -0.39 is 9.84 Å². The summed E-state index contributed by atoms with van der Waals surface area (Å²) in [6.07, 6.45) is 2.69. The molecule has 128 valence electrons. The summed E-state index contributed by atoms with van der Waals surface area (Å²) in [4.78, 5) is 14.3. The molecule has 0 bridgehead atoms. The number of hydrogen-bond acceptors (Lipinski definition) is 7. The lowest BCUT2D eigenvalue weighted by atomic mass is 10.2. The molecule has 23 heavy (non-hydrogen) atoms. The first-order valence-electron chi connectivity index (χ1n) is 7.90. The molecule has 0 radical (unpaired) electrons. The second kappa shape index (κ2) is 6.43. The zero-order valence-corrected chi connectivity index (χ0v) is 14.9. The zero-order valence-electron chi connectivity index (χ0n) is 13.3. The first-order valence-corrected chi connectivity index (χ1v) is 10.6. The van der Waals surface area contributed by atoms with Crippen LogP contribution in [0.25, 0.3) is 0 Å². The maximum absolute atomic E-state index is 12.7. The molecule has 1 aromatic heterocycles. The van der Waals surface area contributed by atoms with Crippen LogP contribution in [0.4, 0.5) is 0 Å². The SMILES string of the molecule is CCN(C(=O)[C@H](C)Sc1nnc(C2CC2)o1)[C@@H]1CCS(=O)(=O)C1. The fraction of sp³-hybridized carbons (Fsp3) is 0.786. The minimum Gasteiger partial charge on any atom is -0.416 e. The van der Waals surface area contributed by atoms with Crippen LogP contribution in [-0.4, -0.2) is 58.8 Å². The molecule has 9 heteroatoms. The van der Waals surface area contributed by atoms with Gasteiger partial charge in [0.2, 0.25) is 11.8 Å². The highest BCUT2D eigenvalue weighted by molar-refractivity contribution is 8.00. The number of sulfone groups is 1. The van der Waals surface area contributed by atoms with Crippen LogP contribution < -0.4 is 0 Å². The molecule has 3 rings (SSSR count).